The van der Waals surface area contributed by atoms with Gasteiger partial charge >= 0.3 is 0 Å². The van der Waals surface area contributed by atoms with Crippen molar-refractivity contribution in [1.82, 2.24) is 10.3 Å². The van der Waals surface area contributed by atoms with E-state index in [1.165, 1.54) is 5.56 Å². The zero-order valence-corrected chi connectivity index (χ0v) is 13.7. The highest BCUT2D eigenvalue weighted by atomic mass is 32.1. The number of para-hydroxylation sites is 1. The van der Waals surface area contributed by atoms with E-state index in [0.29, 0.717) is 0 Å². The van der Waals surface area contributed by atoms with E-state index in [1.54, 1.807) is 18.4 Å². The summed E-state index contributed by atoms with van der Waals surface area (Å²) in [6.07, 6.45) is 1.14. The van der Waals surface area contributed by atoms with Crippen LogP contribution in [0, 0.1) is 0 Å². The van der Waals surface area contributed by atoms with E-state index in [4.69, 9.17) is 4.74 Å². The molecule has 1 N–H and O–H groups in total. The van der Waals surface area contributed by atoms with Gasteiger partial charge in [0.2, 0.25) is 0 Å². The first-order valence-corrected chi connectivity index (χ1v) is 8.10. The zero-order valence-electron chi connectivity index (χ0n) is 12.9. The lowest BCUT2D eigenvalue weighted by Crippen LogP contribution is -2.17. The molecule has 2 rings (SSSR count). The summed E-state index contributed by atoms with van der Waals surface area (Å²) in [7, 11) is 3.77. The summed E-state index contributed by atoms with van der Waals surface area (Å²) in [5, 5.41) is 6.54. The van der Waals surface area contributed by atoms with Gasteiger partial charge in [0.1, 0.15) is 5.75 Å². The maximum absolute atomic E-state index is 5.40. The van der Waals surface area contributed by atoms with Gasteiger partial charge in [-0.05, 0) is 19.0 Å². The molecule has 0 radical (unpaired) electrons. The Balaban J connectivity index is 1.98. The van der Waals surface area contributed by atoms with Crippen molar-refractivity contribution in [2.75, 3.05) is 25.6 Å². The summed E-state index contributed by atoms with van der Waals surface area (Å²) in [5.41, 5.74) is 2.28. The number of benzene rings is 1. The average Bonchev–Trinajstić information content (AvgIpc) is 2.97. The van der Waals surface area contributed by atoms with Crippen molar-refractivity contribution in [1.29, 1.82) is 0 Å². The predicted octanol–water partition coefficient (Wildman–Crippen LogP) is 3.29. The molecule has 0 amide bonds. The molecule has 0 spiro atoms. The minimum Gasteiger partial charge on any atom is -0.496 e. The molecule has 1 aromatic heterocycles. The lowest BCUT2D eigenvalue weighted by molar-refractivity contribution is 0.409. The summed E-state index contributed by atoms with van der Waals surface area (Å²) in [6, 6.07) is 8.11. The molecule has 0 fully saturated rings. The van der Waals surface area contributed by atoms with Crippen LogP contribution < -0.4 is 15.0 Å². The summed E-state index contributed by atoms with van der Waals surface area (Å²) >= 11 is 1.68. The van der Waals surface area contributed by atoms with E-state index in [1.807, 2.05) is 18.2 Å². The summed E-state index contributed by atoms with van der Waals surface area (Å²) in [6.45, 7) is 4.83. The minimum absolute atomic E-state index is 0.791. The second-order valence-electron chi connectivity index (χ2n) is 4.97. The Labute approximate surface area is 130 Å². The SMILES string of the molecule is CCCNCc1csc(N(C)Cc2ccccc2OC)n1. The van der Waals surface area contributed by atoms with Crippen LogP contribution in [0.4, 0.5) is 5.13 Å². The van der Waals surface area contributed by atoms with Crippen LogP contribution >= 0.6 is 11.3 Å². The minimum atomic E-state index is 0.791. The van der Waals surface area contributed by atoms with Gasteiger partial charge in [-0.25, -0.2) is 4.98 Å². The molecule has 5 heteroatoms. The first-order valence-electron chi connectivity index (χ1n) is 7.22. The molecule has 0 saturated carbocycles. The molecule has 0 saturated heterocycles. The number of aromatic nitrogens is 1. The summed E-state index contributed by atoms with van der Waals surface area (Å²) < 4.78 is 5.40. The molecular formula is C16H23N3OS. The molecule has 0 aliphatic carbocycles. The zero-order chi connectivity index (χ0) is 15.1. The van der Waals surface area contributed by atoms with E-state index < -0.39 is 0 Å². The van der Waals surface area contributed by atoms with Crippen LogP contribution in [0.25, 0.3) is 0 Å². The molecule has 0 unspecified atom stereocenters. The smallest absolute Gasteiger partial charge is 0.185 e. The van der Waals surface area contributed by atoms with Gasteiger partial charge in [0.25, 0.3) is 0 Å². The average molecular weight is 305 g/mol. The van der Waals surface area contributed by atoms with Crippen molar-refractivity contribution in [2.45, 2.75) is 26.4 Å². The molecule has 0 bridgehead atoms. The van der Waals surface area contributed by atoms with Crippen LogP contribution in [0.15, 0.2) is 29.6 Å². The maximum atomic E-state index is 5.40. The first-order chi connectivity index (χ1) is 10.2. The van der Waals surface area contributed by atoms with Crippen LogP contribution in [-0.4, -0.2) is 25.7 Å². The highest BCUT2D eigenvalue weighted by Gasteiger charge is 2.10. The fourth-order valence-electron chi connectivity index (χ4n) is 2.10. The van der Waals surface area contributed by atoms with Gasteiger partial charge in [-0.15, -0.1) is 11.3 Å². The van der Waals surface area contributed by atoms with Crippen LogP contribution in [0.3, 0.4) is 0 Å². The Morgan fingerprint density at radius 1 is 1.33 bits per heavy atom. The summed E-state index contributed by atoms with van der Waals surface area (Å²) in [5.74, 6) is 0.922. The largest absolute Gasteiger partial charge is 0.496 e. The van der Waals surface area contributed by atoms with E-state index in [0.717, 1.165) is 42.6 Å². The maximum Gasteiger partial charge on any atom is 0.185 e. The molecule has 2 aromatic rings. The van der Waals surface area contributed by atoms with Crippen molar-refractivity contribution in [3.63, 3.8) is 0 Å². The molecule has 114 valence electrons. The fourth-order valence-corrected chi connectivity index (χ4v) is 2.89. The van der Waals surface area contributed by atoms with E-state index in [2.05, 4.69) is 40.6 Å². The van der Waals surface area contributed by atoms with Gasteiger partial charge in [-0.3, -0.25) is 0 Å². The number of rotatable bonds is 8. The Morgan fingerprint density at radius 2 is 2.14 bits per heavy atom. The van der Waals surface area contributed by atoms with Gasteiger partial charge in [0, 0.05) is 31.1 Å². The molecule has 1 aromatic carbocycles. The number of nitrogens with zero attached hydrogens (tertiary/aromatic N) is 2. The molecule has 0 aliphatic rings. The molecule has 1 heterocycles. The number of hydrogen-bond donors (Lipinski definition) is 1. The third-order valence-electron chi connectivity index (χ3n) is 3.20. The predicted molar refractivity (Wildman–Crippen MR) is 89.2 cm³/mol. The van der Waals surface area contributed by atoms with Crippen LogP contribution in [0.2, 0.25) is 0 Å². The third kappa shape index (κ3) is 4.44. The van der Waals surface area contributed by atoms with Gasteiger partial charge in [-0.1, -0.05) is 25.1 Å². The number of ether oxygens (including phenoxy) is 1. The Kier molecular flexibility index (Phi) is 6.02. The molecule has 0 aliphatic heterocycles. The second kappa shape index (κ2) is 8.00. The Hall–Kier alpha value is -1.59. The Bertz CT molecular complexity index is 556. The van der Waals surface area contributed by atoms with Crippen LogP contribution in [-0.2, 0) is 13.1 Å². The van der Waals surface area contributed by atoms with E-state index >= 15 is 0 Å². The van der Waals surface area contributed by atoms with Gasteiger partial charge in [0.05, 0.1) is 12.8 Å². The quantitative estimate of drug-likeness (QED) is 0.759. The molecular weight excluding hydrogens is 282 g/mol. The summed E-state index contributed by atoms with van der Waals surface area (Å²) in [4.78, 5) is 6.83. The lowest BCUT2D eigenvalue weighted by atomic mass is 10.2. The lowest BCUT2D eigenvalue weighted by Gasteiger charge is -2.17. The van der Waals surface area contributed by atoms with Crippen molar-refractivity contribution in [3.8, 4) is 5.75 Å². The second-order valence-corrected chi connectivity index (χ2v) is 5.80. The van der Waals surface area contributed by atoms with Crippen molar-refractivity contribution in [3.05, 3.63) is 40.9 Å². The number of anilines is 1. The van der Waals surface area contributed by atoms with Crippen LogP contribution in [0.5, 0.6) is 5.75 Å². The van der Waals surface area contributed by atoms with E-state index in [9.17, 15) is 0 Å². The van der Waals surface area contributed by atoms with Gasteiger partial charge in [0.15, 0.2) is 5.13 Å². The topological polar surface area (TPSA) is 37.4 Å². The first kappa shape index (κ1) is 15.8. The standard InChI is InChI=1S/C16H23N3OS/c1-4-9-17-10-14-12-21-16(18-14)19(2)11-13-7-5-6-8-15(13)20-3/h5-8,12,17H,4,9-11H2,1-3H3. The monoisotopic (exact) mass is 305 g/mol. The van der Waals surface area contributed by atoms with E-state index in [-0.39, 0.29) is 0 Å². The molecule has 4 nitrogen and oxygen atoms in total. The Morgan fingerprint density at radius 3 is 2.90 bits per heavy atom. The normalized spacial score (nSPS) is 10.6. The van der Waals surface area contributed by atoms with Crippen molar-refractivity contribution >= 4 is 16.5 Å². The van der Waals surface area contributed by atoms with Crippen molar-refractivity contribution < 1.29 is 4.74 Å². The highest BCUT2D eigenvalue weighted by molar-refractivity contribution is 7.13. The number of nitrogens with one attached hydrogen (secondary N) is 1. The van der Waals surface area contributed by atoms with Crippen molar-refractivity contribution in [2.24, 2.45) is 0 Å². The van der Waals surface area contributed by atoms with Gasteiger partial charge < -0.3 is 15.0 Å². The highest BCUT2D eigenvalue weighted by Crippen LogP contribution is 2.24. The molecule has 0 atom stereocenters. The molecule has 21 heavy (non-hydrogen) atoms. The third-order valence-corrected chi connectivity index (χ3v) is 4.20. The fraction of sp³-hybridized carbons (Fsp3) is 0.438. The number of hydrogen-bond acceptors (Lipinski definition) is 5. The van der Waals surface area contributed by atoms with Crippen LogP contribution in [0.1, 0.15) is 24.6 Å². The van der Waals surface area contributed by atoms with Gasteiger partial charge in [-0.2, -0.15) is 0 Å². The number of methoxy groups -OCH3 is 1. The number of thiazole rings is 1.